The van der Waals surface area contributed by atoms with Gasteiger partial charge >= 0.3 is 0 Å². The summed E-state index contributed by atoms with van der Waals surface area (Å²) in [5.41, 5.74) is 8.25. The van der Waals surface area contributed by atoms with Crippen LogP contribution >= 0.6 is 11.3 Å². The summed E-state index contributed by atoms with van der Waals surface area (Å²) >= 11 is 1.30. The smallest absolute Gasteiger partial charge is 0.170 e. The highest BCUT2D eigenvalue weighted by atomic mass is 32.1. The summed E-state index contributed by atoms with van der Waals surface area (Å²) in [7, 11) is 0. The number of pyridine rings is 1. The molecule has 0 aliphatic carbocycles. The van der Waals surface area contributed by atoms with Crippen molar-refractivity contribution < 1.29 is 0 Å². The van der Waals surface area contributed by atoms with Crippen LogP contribution in [0.3, 0.4) is 0 Å². The van der Waals surface area contributed by atoms with Crippen LogP contribution in [-0.4, -0.2) is 15.0 Å². The number of nitrogens with two attached hydrogens (primary N) is 1. The molecule has 20 heavy (non-hydrogen) atoms. The molecule has 5 nitrogen and oxygen atoms in total. The molecule has 3 rings (SSSR count). The molecule has 0 saturated carbocycles. The third kappa shape index (κ3) is 2.00. The van der Waals surface area contributed by atoms with Crippen molar-refractivity contribution in [3.05, 3.63) is 47.9 Å². The Kier molecular flexibility index (Phi) is 3.11. The van der Waals surface area contributed by atoms with Crippen molar-refractivity contribution in [1.82, 2.24) is 15.0 Å². The lowest BCUT2D eigenvalue weighted by atomic mass is 10.1. The van der Waals surface area contributed by atoms with Crippen LogP contribution < -0.4 is 5.73 Å². The lowest BCUT2D eigenvalue weighted by Gasteiger charge is -2.04. The van der Waals surface area contributed by atoms with Crippen LogP contribution in [0.25, 0.3) is 21.8 Å². The fourth-order valence-electron chi connectivity index (χ4n) is 1.91. The molecule has 0 saturated heterocycles. The molecule has 0 aromatic carbocycles. The summed E-state index contributed by atoms with van der Waals surface area (Å²) < 4.78 is 0. The van der Waals surface area contributed by atoms with Crippen LogP contribution in [0.4, 0.5) is 5.69 Å². The largest absolute Gasteiger partial charge is 0.396 e. The average Bonchev–Trinajstić information content (AvgIpc) is 2.86. The lowest BCUT2D eigenvalue weighted by molar-refractivity contribution is 1.19. The van der Waals surface area contributed by atoms with E-state index in [1.807, 2.05) is 12.1 Å². The molecule has 3 aromatic heterocycles. The summed E-state index contributed by atoms with van der Waals surface area (Å²) in [4.78, 5) is 13.8. The number of nitrogen functional groups attached to an aromatic ring is 1. The van der Waals surface area contributed by atoms with Gasteiger partial charge in [-0.3, -0.25) is 4.98 Å². The molecule has 0 fully saturated rings. The van der Waals surface area contributed by atoms with Gasteiger partial charge in [0.1, 0.15) is 10.9 Å². The van der Waals surface area contributed by atoms with Gasteiger partial charge in [-0.05, 0) is 23.8 Å². The van der Waals surface area contributed by atoms with Crippen molar-refractivity contribution in [2.45, 2.75) is 0 Å². The Balaban J connectivity index is 2.28. The Labute approximate surface area is 119 Å². The Morgan fingerprint density at radius 3 is 2.45 bits per heavy atom. The van der Waals surface area contributed by atoms with Crippen LogP contribution in [0.1, 0.15) is 4.88 Å². The third-order valence-electron chi connectivity index (χ3n) is 2.78. The fraction of sp³-hybridized carbons (Fsp3) is 0. The van der Waals surface area contributed by atoms with E-state index in [1.165, 1.54) is 11.3 Å². The van der Waals surface area contributed by atoms with Crippen molar-refractivity contribution in [2.24, 2.45) is 0 Å². The molecule has 0 atom stereocenters. The Bertz CT molecular complexity index is 775. The number of aromatic nitrogens is 3. The predicted octanol–water partition coefficient (Wildman–Crippen LogP) is 2.72. The van der Waals surface area contributed by atoms with E-state index < -0.39 is 0 Å². The maximum atomic E-state index is 9.18. The second kappa shape index (κ2) is 5.07. The molecule has 0 aliphatic rings. The zero-order chi connectivity index (χ0) is 13.9. The number of nitriles is 1. The van der Waals surface area contributed by atoms with Crippen molar-refractivity contribution >= 4 is 17.0 Å². The number of nitrogens with zero attached hydrogens (tertiary/aromatic N) is 4. The first-order valence-corrected chi connectivity index (χ1v) is 6.63. The topological polar surface area (TPSA) is 88.5 Å². The van der Waals surface area contributed by atoms with Crippen LogP contribution in [0, 0.1) is 11.3 Å². The van der Waals surface area contributed by atoms with E-state index in [1.54, 1.807) is 30.9 Å². The first-order valence-electron chi connectivity index (χ1n) is 5.81. The van der Waals surface area contributed by atoms with E-state index in [-0.39, 0.29) is 0 Å². The number of hydrogen-bond acceptors (Lipinski definition) is 6. The normalized spacial score (nSPS) is 10.2. The molecule has 0 radical (unpaired) electrons. The maximum absolute atomic E-state index is 9.18. The summed E-state index contributed by atoms with van der Waals surface area (Å²) in [6.45, 7) is 0. The maximum Gasteiger partial charge on any atom is 0.170 e. The van der Waals surface area contributed by atoms with Crippen molar-refractivity contribution in [1.29, 1.82) is 5.26 Å². The van der Waals surface area contributed by atoms with Crippen molar-refractivity contribution in [3.8, 4) is 27.9 Å². The molecule has 6 heteroatoms. The number of rotatable bonds is 2. The minimum Gasteiger partial charge on any atom is -0.396 e. The average molecular weight is 279 g/mol. The minimum absolute atomic E-state index is 0.464. The molecule has 96 valence electrons. The first kappa shape index (κ1) is 12.3. The van der Waals surface area contributed by atoms with Crippen molar-refractivity contribution in [3.63, 3.8) is 0 Å². The molecule has 0 bridgehead atoms. The van der Waals surface area contributed by atoms with Gasteiger partial charge in [-0.2, -0.15) is 5.26 Å². The van der Waals surface area contributed by atoms with E-state index in [0.29, 0.717) is 16.4 Å². The summed E-state index contributed by atoms with van der Waals surface area (Å²) in [6.07, 6.45) is 6.71. The highest BCUT2D eigenvalue weighted by molar-refractivity contribution is 7.17. The standard InChI is InChI=1S/C14H9N5S/c15-8-10-12(16)11(9-2-6-17-7-3-9)13(20-10)14-18-4-1-5-19-14/h1-7H,16H2. The molecule has 0 amide bonds. The van der Waals surface area contributed by atoms with Gasteiger partial charge in [0.15, 0.2) is 5.82 Å². The Morgan fingerprint density at radius 1 is 1.10 bits per heavy atom. The molecular weight excluding hydrogens is 270 g/mol. The van der Waals surface area contributed by atoms with Gasteiger partial charge in [-0.1, -0.05) is 0 Å². The van der Waals surface area contributed by atoms with E-state index in [9.17, 15) is 5.26 Å². The van der Waals surface area contributed by atoms with Gasteiger partial charge in [0.2, 0.25) is 0 Å². The quantitative estimate of drug-likeness (QED) is 0.779. The fourth-order valence-corrected chi connectivity index (χ4v) is 2.89. The molecule has 0 spiro atoms. The molecule has 3 aromatic rings. The SMILES string of the molecule is N#Cc1sc(-c2ncccn2)c(-c2ccncc2)c1N. The predicted molar refractivity (Wildman–Crippen MR) is 77.7 cm³/mol. The van der Waals surface area contributed by atoms with Gasteiger partial charge < -0.3 is 5.73 Å². The van der Waals surface area contributed by atoms with Crippen LogP contribution in [0.5, 0.6) is 0 Å². The Morgan fingerprint density at radius 2 is 1.80 bits per heavy atom. The molecular formula is C14H9N5S. The number of hydrogen-bond donors (Lipinski definition) is 1. The van der Waals surface area contributed by atoms with Crippen LogP contribution in [0.15, 0.2) is 43.0 Å². The van der Waals surface area contributed by atoms with Gasteiger partial charge in [0.25, 0.3) is 0 Å². The summed E-state index contributed by atoms with van der Waals surface area (Å²) in [6, 6.07) is 7.57. The summed E-state index contributed by atoms with van der Waals surface area (Å²) in [5, 5.41) is 9.18. The second-order valence-corrected chi connectivity index (χ2v) is 4.99. The van der Waals surface area contributed by atoms with Gasteiger partial charge in [-0.15, -0.1) is 11.3 Å². The van der Waals surface area contributed by atoms with Crippen LogP contribution in [0.2, 0.25) is 0 Å². The molecule has 0 aliphatic heterocycles. The van der Waals surface area contributed by atoms with Crippen molar-refractivity contribution in [2.75, 3.05) is 5.73 Å². The lowest BCUT2D eigenvalue weighted by Crippen LogP contribution is -1.91. The number of thiophene rings is 1. The monoisotopic (exact) mass is 279 g/mol. The van der Waals surface area contributed by atoms with E-state index in [4.69, 9.17) is 5.73 Å². The van der Waals surface area contributed by atoms with Gasteiger partial charge in [0, 0.05) is 30.4 Å². The zero-order valence-electron chi connectivity index (χ0n) is 10.3. The molecule has 3 heterocycles. The minimum atomic E-state index is 0.464. The van der Waals surface area contributed by atoms with Gasteiger partial charge in [0.05, 0.1) is 10.6 Å². The van der Waals surface area contributed by atoms with Crippen LogP contribution in [-0.2, 0) is 0 Å². The van der Waals surface area contributed by atoms with E-state index >= 15 is 0 Å². The van der Waals surface area contributed by atoms with Gasteiger partial charge in [-0.25, -0.2) is 9.97 Å². The van der Waals surface area contributed by atoms with E-state index in [2.05, 4.69) is 21.0 Å². The third-order valence-corrected chi connectivity index (χ3v) is 3.89. The number of anilines is 1. The highest BCUT2D eigenvalue weighted by Gasteiger charge is 2.20. The highest BCUT2D eigenvalue weighted by Crippen LogP contribution is 2.43. The Hall–Kier alpha value is -2.78. The van der Waals surface area contributed by atoms with E-state index in [0.717, 1.165) is 16.0 Å². The molecule has 0 unspecified atom stereocenters. The first-order chi connectivity index (χ1) is 9.81. The summed E-state index contributed by atoms with van der Waals surface area (Å²) in [5.74, 6) is 0.567. The second-order valence-electron chi connectivity index (χ2n) is 3.97. The zero-order valence-corrected chi connectivity index (χ0v) is 11.1. The molecule has 2 N–H and O–H groups in total.